The van der Waals surface area contributed by atoms with Crippen LogP contribution in [0.3, 0.4) is 0 Å². The van der Waals surface area contributed by atoms with Gasteiger partial charge in [-0.15, -0.1) is 11.3 Å². The minimum absolute atomic E-state index is 0.178. The molecule has 0 fully saturated rings. The Morgan fingerprint density at radius 2 is 2.07 bits per heavy atom. The summed E-state index contributed by atoms with van der Waals surface area (Å²) in [6.07, 6.45) is 1.12. The van der Waals surface area contributed by atoms with Crippen molar-refractivity contribution in [1.29, 1.82) is 0 Å². The molecular weight excluding hydrogens is 272 g/mol. The van der Waals surface area contributed by atoms with Gasteiger partial charge < -0.3 is 5.32 Å². The molecule has 1 heterocycles. The van der Waals surface area contributed by atoms with Crippen LogP contribution < -0.4 is 5.32 Å². The maximum Gasteiger partial charge on any atom is 0.107 e. The van der Waals surface area contributed by atoms with E-state index in [0.717, 1.165) is 24.0 Å². The van der Waals surface area contributed by atoms with Crippen LogP contribution in [0.1, 0.15) is 35.8 Å². The standard InChI is InChI=1S/C11H19BrN2S/c1-8-9(2)15-10(14-8)7-13-11(3,4)5-6-12/h13H,5-7H2,1-4H3. The van der Waals surface area contributed by atoms with Crippen molar-refractivity contribution in [1.82, 2.24) is 10.3 Å². The van der Waals surface area contributed by atoms with Gasteiger partial charge >= 0.3 is 0 Å². The third kappa shape index (κ3) is 4.21. The van der Waals surface area contributed by atoms with Crippen LogP contribution in [0.5, 0.6) is 0 Å². The summed E-state index contributed by atoms with van der Waals surface area (Å²) in [5, 5.41) is 5.75. The van der Waals surface area contributed by atoms with Crippen molar-refractivity contribution in [3.63, 3.8) is 0 Å². The fraction of sp³-hybridized carbons (Fsp3) is 0.727. The maximum atomic E-state index is 4.52. The van der Waals surface area contributed by atoms with Crippen molar-refractivity contribution in [3.8, 4) is 0 Å². The molecule has 0 spiro atoms. The van der Waals surface area contributed by atoms with E-state index in [0.29, 0.717) is 0 Å². The molecule has 15 heavy (non-hydrogen) atoms. The Kier molecular flexibility index (Phi) is 4.74. The lowest BCUT2D eigenvalue weighted by molar-refractivity contribution is 0.377. The molecule has 1 rings (SSSR count). The molecule has 0 aliphatic rings. The smallest absolute Gasteiger partial charge is 0.107 e. The Bertz CT molecular complexity index is 301. The first-order valence-electron chi connectivity index (χ1n) is 5.18. The van der Waals surface area contributed by atoms with Crippen LogP contribution in [0.25, 0.3) is 0 Å². The van der Waals surface area contributed by atoms with Gasteiger partial charge in [-0.1, -0.05) is 15.9 Å². The van der Waals surface area contributed by atoms with E-state index in [1.807, 2.05) is 0 Å². The number of alkyl halides is 1. The minimum Gasteiger partial charge on any atom is -0.305 e. The second kappa shape index (κ2) is 5.41. The maximum absolute atomic E-state index is 4.52. The number of aromatic nitrogens is 1. The number of nitrogens with zero attached hydrogens (tertiary/aromatic N) is 1. The molecule has 86 valence electrons. The molecule has 1 aromatic heterocycles. The highest BCUT2D eigenvalue weighted by atomic mass is 79.9. The number of rotatable bonds is 5. The summed E-state index contributed by atoms with van der Waals surface area (Å²) < 4.78 is 0. The van der Waals surface area contributed by atoms with E-state index in [-0.39, 0.29) is 5.54 Å². The second-order valence-corrected chi connectivity index (χ2v) is 6.51. The van der Waals surface area contributed by atoms with Gasteiger partial charge in [0.2, 0.25) is 0 Å². The van der Waals surface area contributed by atoms with Gasteiger partial charge in [0, 0.05) is 22.3 Å². The Morgan fingerprint density at radius 3 is 2.53 bits per heavy atom. The summed E-state index contributed by atoms with van der Waals surface area (Å²) >= 11 is 5.26. The normalized spacial score (nSPS) is 12.1. The summed E-state index contributed by atoms with van der Waals surface area (Å²) in [6, 6.07) is 0. The van der Waals surface area contributed by atoms with E-state index in [9.17, 15) is 0 Å². The molecule has 1 aromatic rings. The molecule has 0 bridgehead atoms. The summed E-state index contributed by atoms with van der Waals surface area (Å²) in [6.45, 7) is 9.52. The zero-order valence-electron chi connectivity index (χ0n) is 9.85. The molecule has 0 radical (unpaired) electrons. The van der Waals surface area contributed by atoms with Gasteiger partial charge in [0.25, 0.3) is 0 Å². The van der Waals surface area contributed by atoms with Crippen molar-refractivity contribution in [2.45, 2.75) is 46.2 Å². The first-order chi connectivity index (χ1) is 6.94. The number of nitrogens with one attached hydrogen (secondary N) is 1. The largest absolute Gasteiger partial charge is 0.305 e. The lowest BCUT2D eigenvalue weighted by Crippen LogP contribution is -2.38. The quantitative estimate of drug-likeness (QED) is 0.841. The van der Waals surface area contributed by atoms with Gasteiger partial charge in [0.1, 0.15) is 5.01 Å². The molecular formula is C11H19BrN2S. The lowest BCUT2D eigenvalue weighted by Gasteiger charge is -2.24. The zero-order chi connectivity index (χ0) is 11.5. The minimum atomic E-state index is 0.178. The molecule has 0 saturated carbocycles. The lowest BCUT2D eigenvalue weighted by atomic mass is 10.0. The van der Waals surface area contributed by atoms with Crippen molar-refractivity contribution in [2.75, 3.05) is 5.33 Å². The van der Waals surface area contributed by atoms with Crippen molar-refractivity contribution in [2.24, 2.45) is 0 Å². The Hall–Kier alpha value is 0.0700. The number of hydrogen-bond acceptors (Lipinski definition) is 3. The van der Waals surface area contributed by atoms with Crippen molar-refractivity contribution >= 4 is 27.3 Å². The molecule has 4 heteroatoms. The highest BCUT2D eigenvalue weighted by molar-refractivity contribution is 9.09. The van der Waals surface area contributed by atoms with Gasteiger partial charge in [-0.25, -0.2) is 4.98 Å². The predicted molar refractivity (Wildman–Crippen MR) is 70.9 cm³/mol. The van der Waals surface area contributed by atoms with Crippen LogP contribution in [0.15, 0.2) is 0 Å². The topological polar surface area (TPSA) is 24.9 Å². The fourth-order valence-corrected chi connectivity index (χ4v) is 3.12. The zero-order valence-corrected chi connectivity index (χ0v) is 12.3. The van der Waals surface area contributed by atoms with Gasteiger partial charge in [-0.05, 0) is 34.1 Å². The molecule has 0 aliphatic carbocycles. The third-order valence-corrected chi connectivity index (χ3v) is 3.98. The van der Waals surface area contributed by atoms with E-state index >= 15 is 0 Å². The second-order valence-electron chi connectivity index (χ2n) is 4.43. The SMILES string of the molecule is Cc1nc(CNC(C)(C)CCBr)sc1C. The average molecular weight is 291 g/mol. The molecule has 0 saturated heterocycles. The van der Waals surface area contributed by atoms with Crippen molar-refractivity contribution < 1.29 is 0 Å². The van der Waals surface area contributed by atoms with E-state index < -0.39 is 0 Å². The molecule has 1 N–H and O–H groups in total. The summed E-state index contributed by atoms with van der Waals surface area (Å²) in [4.78, 5) is 5.84. The summed E-state index contributed by atoms with van der Waals surface area (Å²) in [7, 11) is 0. The predicted octanol–water partition coefficient (Wildman–Crippen LogP) is 3.41. The molecule has 0 unspecified atom stereocenters. The first kappa shape index (κ1) is 13.1. The van der Waals surface area contributed by atoms with Crippen LogP contribution in [0.4, 0.5) is 0 Å². The monoisotopic (exact) mass is 290 g/mol. The third-order valence-electron chi connectivity index (χ3n) is 2.51. The van der Waals surface area contributed by atoms with E-state index in [1.54, 1.807) is 11.3 Å². The van der Waals surface area contributed by atoms with Gasteiger partial charge in [0.05, 0.1) is 5.69 Å². The van der Waals surface area contributed by atoms with Crippen LogP contribution in [0.2, 0.25) is 0 Å². The first-order valence-corrected chi connectivity index (χ1v) is 7.12. The van der Waals surface area contributed by atoms with Gasteiger partial charge in [-0.3, -0.25) is 0 Å². The highest BCUT2D eigenvalue weighted by Gasteiger charge is 2.16. The Balaban J connectivity index is 2.49. The number of hydrogen-bond donors (Lipinski definition) is 1. The molecule has 0 aliphatic heterocycles. The molecule has 0 atom stereocenters. The van der Waals surface area contributed by atoms with E-state index in [4.69, 9.17) is 0 Å². The Morgan fingerprint density at radius 1 is 1.40 bits per heavy atom. The summed E-state index contributed by atoms with van der Waals surface area (Å²) in [5.74, 6) is 0. The van der Waals surface area contributed by atoms with Crippen LogP contribution in [-0.4, -0.2) is 15.9 Å². The number of aryl methyl sites for hydroxylation is 2. The number of thiazole rings is 1. The van der Waals surface area contributed by atoms with Crippen molar-refractivity contribution in [3.05, 3.63) is 15.6 Å². The van der Waals surface area contributed by atoms with Gasteiger partial charge in [-0.2, -0.15) is 0 Å². The van der Waals surface area contributed by atoms with Crippen LogP contribution in [-0.2, 0) is 6.54 Å². The molecule has 2 nitrogen and oxygen atoms in total. The Labute approximate surface area is 105 Å². The van der Waals surface area contributed by atoms with Gasteiger partial charge in [0.15, 0.2) is 0 Å². The van der Waals surface area contributed by atoms with Crippen LogP contribution in [0, 0.1) is 13.8 Å². The summed E-state index contributed by atoms with van der Waals surface area (Å²) in [5.41, 5.74) is 1.34. The fourth-order valence-electron chi connectivity index (χ4n) is 1.25. The van der Waals surface area contributed by atoms with Crippen LogP contribution >= 0.6 is 27.3 Å². The number of halogens is 1. The highest BCUT2D eigenvalue weighted by Crippen LogP contribution is 2.18. The molecule has 0 aromatic carbocycles. The molecule has 0 amide bonds. The van der Waals surface area contributed by atoms with E-state index in [2.05, 4.69) is 53.9 Å². The van der Waals surface area contributed by atoms with E-state index in [1.165, 1.54) is 9.88 Å². The average Bonchev–Trinajstić information content (AvgIpc) is 2.44.